The molecule has 1 N–H and O–H groups in total. The summed E-state index contributed by atoms with van der Waals surface area (Å²) in [6.07, 6.45) is 0. The van der Waals surface area contributed by atoms with E-state index in [1.165, 1.54) is 37.3 Å². The molecule has 1 atom stereocenters. The van der Waals surface area contributed by atoms with Crippen molar-refractivity contribution in [2.75, 3.05) is 25.7 Å². The van der Waals surface area contributed by atoms with Crippen LogP contribution >= 0.6 is 11.6 Å². The summed E-state index contributed by atoms with van der Waals surface area (Å²) in [6.45, 7) is 3.76. The van der Waals surface area contributed by atoms with Crippen LogP contribution in [0.3, 0.4) is 0 Å². The molecule has 3 aromatic carbocycles. The topological polar surface area (TPSA) is 102 Å². The van der Waals surface area contributed by atoms with Crippen molar-refractivity contribution in [2.24, 2.45) is 0 Å². The quantitative estimate of drug-likeness (QED) is 0.185. The van der Waals surface area contributed by atoms with E-state index in [9.17, 15) is 19.5 Å². The van der Waals surface area contributed by atoms with E-state index < -0.39 is 29.5 Å². The van der Waals surface area contributed by atoms with Crippen LogP contribution in [0.5, 0.6) is 11.5 Å². The number of aliphatic hydroxyl groups is 1. The Balaban J connectivity index is 1.98. The number of hydrogen-bond donors (Lipinski definition) is 1. The first-order valence-corrected chi connectivity index (χ1v) is 12.2. The molecule has 0 aliphatic carbocycles. The molecular weight excluding hydrogens is 510 g/mol. The molecule has 38 heavy (non-hydrogen) atoms. The van der Waals surface area contributed by atoms with E-state index in [0.717, 1.165) is 5.56 Å². The van der Waals surface area contributed by atoms with Crippen molar-refractivity contribution in [3.63, 3.8) is 0 Å². The van der Waals surface area contributed by atoms with Crippen LogP contribution in [-0.4, -0.2) is 43.6 Å². The second-order valence-corrected chi connectivity index (χ2v) is 8.95. The van der Waals surface area contributed by atoms with Crippen molar-refractivity contribution in [1.82, 2.24) is 0 Å². The number of aliphatic hydroxyl groups excluding tert-OH is 1. The third-order valence-electron chi connectivity index (χ3n) is 6.17. The second-order valence-electron chi connectivity index (χ2n) is 8.54. The molecule has 0 spiro atoms. The van der Waals surface area contributed by atoms with Gasteiger partial charge in [0.15, 0.2) is 0 Å². The number of halogens is 1. The van der Waals surface area contributed by atoms with Gasteiger partial charge in [0.1, 0.15) is 17.3 Å². The third-order valence-corrected chi connectivity index (χ3v) is 6.46. The summed E-state index contributed by atoms with van der Waals surface area (Å²) < 4.78 is 15.8. The molecule has 196 valence electrons. The molecule has 1 aliphatic heterocycles. The molecule has 9 heteroatoms. The lowest BCUT2D eigenvalue weighted by molar-refractivity contribution is -0.132. The van der Waals surface area contributed by atoms with Crippen LogP contribution in [-0.2, 0) is 14.3 Å². The van der Waals surface area contributed by atoms with Crippen molar-refractivity contribution in [2.45, 2.75) is 19.9 Å². The Bertz CT molecular complexity index is 1460. The monoisotopic (exact) mass is 535 g/mol. The van der Waals surface area contributed by atoms with E-state index in [1.807, 2.05) is 19.1 Å². The van der Waals surface area contributed by atoms with E-state index in [-0.39, 0.29) is 39.8 Å². The number of rotatable bonds is 7. The van der Waals surface area contributed by atoms with Gasteiger partial charge < -0.3 is 19.3 Å². The van der Waals surface area contributed by atoms with E-state index in [2.05, 4.69) is 0 Å². The van der Waals surface area contributed by atoms with E-state index in [0.29, 0.717) is 11.3 Å². The predicted octanol–water partition coefficient (Wildman–Crippen LogP) is 5.47. The molecule has 1 aliphatic rings. The van der Waals surface area contributed by atoms with Crippen LogP contribution in [0.2, 0.25) is 5.02 Å². The molecule has 0 saturated carbocycles. The van der Waals surface area contributed by atoms with Gasteiger partial charge in [-0.1, -0.05) is 47.5 Å². The zero-order chi connectivity index (χ0) is 27.6. The minimum absolute atomic E-state index is 0.129. The number of Topliss-reactive ketones (excluding diaryl/α,β-unsaturated/α-hetero) is 1. The lowest BCUT2D eigenvalue weighted by Gasteiger charge is -2.26. The normalized spacial score (nSPS) is 16.4. The average molecular weight is 536 g/mol. The van der Waals surface area contributed by atoms with E-state index in [1.54, 1.807) is 37.3 Å². The number of methoxy groups -OCH3 is 2. The SMILES string of the molecule is CCOC(=O)c1cccc(N2C(=O)C(=O)/C(=C(/O)c3cc(OC)c(Cl)cc3OC)C2c2cccc(C)c2)c1. The number of carbonyl (C=O) groups excluding carboxylic acids is 3. The zero-order valence-electron chi connectivity index (χ0n) is 21.3. The summed E-state index contributed by atoms with van der Waals surface area (Å²) in [5.41, 5.74) is 1.97. The van der Waals surface area contributed by atoms with Gasteiger partial charge in [0.05, 0.1) is 48.6 Å². The molecule has 0 bridgehead atoms. The van der Waals surface area contributed by atoms with Crippen molar-refractivity contribution in [3.05, 3.63) is 93.5 Å². The molecule has 0 radical (unpaired) electrons. The summed E-state index contributed by atoms with van der Waals surface area (Å²) in [5, 5.41) is 11.8. The number of amides is 1. The summed E-state index contributed by atoms with van der Waals surface area (Å²) in [4.78, 5) is 40.7. The minimum atomic E-state index is -1.00. The maximum Gasteiger partial charge on any atom is 0.338 e. The summed E-state index contributed by atoms with van der Waals surface area (Å²) >= 11 is 6.23. The first-order valence-electron chi connectivity index (χ1n) is 11.8. The summed E-state index contributed by atoms with van der Waals surface area (Å²) in [5.74, 6) is -2.34. The van der Waals surface area contributed by atoms with Crippen LogP contribution in [0.4, 0.5) is 5.69 Å². The highest BCUT2D eigenvalue weighted by atomic mass is 35.5. The fourth-order valence-electron chi connectivity index (χ4n) is 4.44. The number of benzene rings is 3. The molecule has 1 saturated heterocycles. The molecule has 4 rings (SSSR count). The van der Waals surface area contributed by atoms with Gasteiger partial charge in [0, 0.05) is 11.8 Å². The van der Waals surface area contributed by atoms with Crippen molar-refractivity contribution in [3.8, 4) is 11.5 Å². The van der Waals surface area contributed by atoms with Gasteiger partial charge in [-0.2, -0.15) is 0 Å². The number of aryl methyl sites for hydroxylation is 1. The average Bonchev–Trinajstić information content (AvgIpc) is 3.18. The molecule has 1 amide bonds. The molecule has 8 nitrogen and oxygen atoms in total. The van der Waals surface area contributed by atoms with Crippen molar-refractivity contribution in [1.29, 1.82) is 0 Å². The Hall–Kier alpha value is -4.30. The predicted molar refractivity (Wildman–Crippen MR) is 143 cm³/mol. The number of nitrogens with zero attached hydrogens (tertiary/aromatic N) is 1. The Labute approximate surface area is 225 Å². The highest BCUT2D eigenvalue weighted by Gasteiger charge is 2.47. The van der Waals surface area contributed by atoms with Gasteiger partial charge in [-0.05, 0) is 43.7 Å². The molecule has 0 aromatic heterocycles. The first kappa shape index (κ1) is 26.8. The molecular formula is C29H26ClNO7. The Morgan fingerprint density at radius 1 is 1.00 bits per heavy atom. The van der Waals surface area contributed by atoms with Crippen LogP contribution in [0.1, 0.15) is 40.0 Å². The Morgan fingerprint density at radius 3 is 2.37 bits per heavy atom. The fourth-order valence-corrected chi connectivity index (χ4v) is 4.67. The molecule has 3 aromatic rings. The number of ether oxygens (including phenoxy) is 3. The van der Waals surface area contributed by atoms with Crippen LogP contribution in [0.25, 0.3) is 5.76 Å². The van der Waals surface area contributed by atoms with Gasteiger partial charge in [0.2, 0.25) is 0 Å². The molecule has 1 heterocycles. The minimum Gasteiger partial charge on any atom is -0.507 e. The Kier molecular flexibility index (Phi) is 7.73. The maximum atomic E-state index is 13.5. The smallest absolute Gasteiger partial charge is 0.338 e. The number of hydrogen-bond acceptors (Lipinski definition) is 7. The zero-order valence-corrected chi connectivity index (χ0v) is 22.0. The second kappa shape index (κ2) is 11.0. The number of anilines is 1. The third kappa shape index (κ3) is 4.82. The highest BCUT2D eigenvalue weighted by molar-refractivity contribution is 6.51. The fraction of sp³-hybridized carbons (Fsp3) is 0.207. The number of carbonyl (C=O) groups is 3. The largest absolute Gasteiger partial charge is 0.507 e. The van der Waals surface area contributed by atoms with Crippen molar-refractivity contribution >= 4 is 40.7 Å². The van der Waals surface area contributed by atoms with Crippen molar-refractivity contribution < 1.29 is 33.7 Å². The number of esters is 1. The van der Waals surface area contributed by atoms with Gasteiger partial charge in [-0.15, -0.1) is 0 Å². The lowest BCUT2D eigenvalue weighted by Crippen LogP contribution is -2.29. The standard InChI is InChI=1S/C29H26ClNO7/c1-5-38-29(35)18-10-7-11-19(13-18)31-25(17-9-6-8-16(2)12-17)24(27(33)28(31)34)26(32)20-14-23(37-4)21(30)15-22(20)36-3/h6-15,25,32H,5H2,1-4H3/b26-24+. The maximum absolute atomic E-state index is 13.5. The Morgan fingerprint density at radius 2 is 1.71 bits per heavy atom. The van der Waals surface area contributed by atoms with Crippen LogP contribution in [0.15, 0.2) is 66.2 Å². The van der Waals surface area contributed by atoms with Crippen LogP contribution in [0, 0.1) is 6.92 Å². The molecule has 1 fully saturated rings. The highest BCUT2D eigenvalue weighted by Crippen LogP contribution is 2.45. The van der Waals surface area contributed by atoms with Gasteiger partial charge in [-0.25, -0.2) is 4.79 Å². The summed E-state index contributed by atoms with van der Waals surface area (Å²) in [6, 6.07) is 15.4. The number of ketones is 1. The van der Waals surface area contributed by atoms with Crippen LogP contribution < -0.4 is 14.4 Å². The summed E-state index contributed by atoms with van der Waals surface area (Å²) in [7, 11) is 2.81. The van der Waals surface area contributed by atoms with Gasteiger partial charge >= 0.3 is 5.97 Å². The van der Waals surface area contributed by atoms with Gasteiger partial charge in [0.25, 0.3) is 11.7 Å². The molecule has 1 unspecified atom stereocenters. The van der Waals surface area contributed by atoms with Gasteiger partial charge in [-0.3, -0.25) is 14.5 Å². The van der Waals surface area contributed by atoms with E-state index >= 15 is 0 Å². The van der Waals surface area contributed by atoms with E-state index in [4.69, 9.17) is 25.8 Å². The first-order chi connectivity index (χ1) is 18.2. The lowest BCUT2D eigenvalue weighted by atomic mass is 9.94.